The molecule has 0 radical (unpaired) electrons. The molecule has 4 nitrogen and oxygen atoms in total. The van der Waals surface area contributed by atoms with Gasteiger partial charge in [-0.15, -0.1) is 0 Å². The van der Waals surface area contributed by atoms with Crippen LogP contribution in [0.25, 0.3) is 16.8 Å². The summed E-state index contributed by atoms with van der Waals surface area (Å²) < 4.78 is 47.5. The van der Waals surface area contributed by atoms with Crippen molar-refractivity contribution < 1.29 is 22.8 Å². The van der Waals surface area contributed by atoms with E-state index in [1.165, 1.54) is 6.08 Å². The molecule has 0 bridgehead atoms. The Bertz CT molecular complexity index is 1150. The summed E-state index contributed by atoms with van der Waals surface area (Å²) in [5.41, 5.74) is -0.452. The molecule has 4 rings (SSSR count). The lowest BCUT2D eigenvalue weighted by Gasteiger charge is -2.24. The highest BCUT2D eigenvalue weighted by Crippen LogP contribution is 2.42. The van der Waals surface area contributed by atoms with E-state index in [4.69, 9.17) is 4.74 Å². The van der Waals surface area contributed by atoms with Gasteiger partial charge in [0.15, 0.2) is 11.6 Å². The molecule has 1 heterocycles. The molecule has 0 saturated carbocycles. The van der Waals surface area contributed by atoms with Gasteiger partial charge in [-0.1, -0.05) is 28.1 Å². The third-order valence-electron chi connectivity index (χ3n) is 4.32. The second-order valence-corrected chi connectivity index (χ2v) is 6.87. The Hall–Kier alpha value is -2.87. The van der Waals surface area contributed by atoms with Gasteiger partial charge in [0.2, 0.25) is 6.10 Å². The molecule has 27 heavy (non-hydrogen) atoms. The number of benzene rings is 3. The van der Waals surface area contributed by atoms with Crippen molar-refractivity contribution in [1.29, 1.82) is 0 Å². The summed E-state index contributed by atoms with van der Waals surface area (Å²) in [4.78, 5) is 10.8. The highest BCUT2D eigenvalue weighted by atomic mass is 79.9. The molecule has 0 saturated heterocycles. The van der Waals surface area contributed by atoms with E-state index in [1.54, 1.807) is 24.3 Å². The minimum atomic E-state index is -1.50. The quantitative estimate of drug-likeness (QED) is 0.291. The van der Waals surface area contributed by atoms with Gasteiger partial charge in [-0.2, -0.15) is 0 Å². The maximum atomic E-state index is 14.2. The van der Waals surface area contributed by atoms with Crippen LogP contribution in [0.3, 0.4) is 0 Å². The largest absolute Gasteiger partial charge is 0.474 e. The number of hydrogen-bond donors (Lipinski definition) is 0. The SMILES string of the molecule is O=[N+]([O-])C1=Cc2c(ccc3cc(Br)ccc23)OC1c1cc(F)c(F)cc1F. The minimum Gasteiger partial charge on any atom is -0.474 e. The van der Waals surface area contributed by atoms with E-state index in [9.17, 15) is 23.3 Å². The molecule has 0 aromatic heterocycles. The van der Waals surface area contributed by atoms with Crippen LogP contribution >= 0.6 is 15.9 Å². The van der Waals surface area contributed by atoms with E-state index >= 15 is 0 Å². The van der Waals surface area contributed by atoms with Crippen molar-refractivity contribution in [2.75, 3.05) is 0 Å². The minimum absolute atomic E-state index is 0.282. The van der Waals surface area contributed by atoms with Crippen LogP contribution in [0.4, 0.5) is 13.2 Å². The second kappa shape index (κ2) is 6.38. The molecule has 0 N–H and O–H groups in total. The summed E-state index contributed by atoms with van der Waals surface area (Å²) in [5.74, 6) is -3.54. The normalized spacial score (nSPS) is 15.9. The third-order valence-corrected chi connectivity index (χ3v) is 4.82. The first kappa shape index (κ1) is 17.5. The molecule has 3 aromatic carbocycles. The Balaban J connectivity index is 1.92. The summed E-state index contributed by atoms with van der Waals surface area (Å²) in [6.45, 7) is 0. The molecule has 3 aromatic rings. The first-order chi connectivity index (χ1) is 12.8. The topological polar surface area (TPSA) is 52.4 Å². The predicted molar refractivity (Wildman–Crippen MR) is 96.3 cm³/mol. The third kappa shape index (κ3) is 2.95. The standard InChI is InChI=1S/C19H9BrF3NO3/c20-10-2-3-11-9(5-10)1-4-18-12(11)7-17(24(25)26)19(27-18)13-6-15(22)16(23)8-14(13)21/h1-8,19H. The van der Waals surface area contributed by atoms with Crippen molar-refractivity contribution in [3.05, 3.63) is 91.3 Å². The average Bonchev–Trinajstić information content (AvgIpc) is 2.63. The molecular formula is C19H9BrF3NO3. The number of ether oxygens (including phenoxy) is 1. The van der Waals surface area contributed by atoms with Crippen molar-refractivity contribution in [2.45, 2.75) is 6.10 Å². The lowest BCUT2D eigenvalue weighted by atomic mass is 9.96. The van der Waals surface area contributed by atoms with Crippen molar-refractivity contribution in [3.8, 4) is 5.75 Å². The number of fused-ring (bicyclic) bond motifs is 3. The van der Waals surface area contributed by atoms with E-state index in [1.807, 2.05) is 6.07 Å². The molecule has 1 aliphatic rings. The van der Waals surface area contributed by atoms with Gasteiger partial charge in [0.1, 0.15) is 11.6 Å². The van der Waals surface area contributed by atoms with E-state index in [0.717, 1.165) is 9.86 Å². The molecule has 0 amide bonds. The summed E-state index contributed by atoms with van der Waals surface area (Å²) >= 11 is 3.36. The number of nitrogens with zero attached hydrogens (tertiary/aromatic N) is 1. The van der Waals surface area contributed by atoms with Crippen molar-refractivity contribution in [2.24, 2.45) is 0 Å². The van der Waals surface area contributed by atoms with E-state index in [0.29, 0.717) is 23.1 Å². The van der Waals surface area contributed by atoms with Crippen LogP contribution in [0.5, 0.6) is 5.75 Å². The fourth-order valence-electron chi connectivity index (χ4n) is 3.08. The molecule has 136 valence electrons. The van der Waals surface area contributed by atoms with Crippen LogP contribution in [0.1, 0.15) is 17.2 Å². The van der Waals surface area contributed by atoms with Crippen LogP contribution in [-0.2, 0) is 0 Å². The van der Waals surface area contributed by atoms with E-state index in [-0.39, 0.29) is 5.75 Å². The van der Waals surface area contributed by atoms with Crippen LogP contribution in [0.15, 0.2) is 52.6 Å². The van der Waals surface area contributed by atoms with Crippen LogP contribution in [0.2, 0.25) is 0 Å². The number of rotatable bonds is 2. The first-order valence-electron chi connectivity index (χ1n) is 7.74. The molecule has 1 unspecified atom stereocenters. The van der Waals surface area contributed by atoms with E-state index in [2.05, 4.69) is 15.9 Å². The zero-order valence-electron chi connectivity index (χ0n) is 13.4. The monoisotopic (exact) mass is 435 g/mol. The Kier molecular flexibility index (Phi) is 4.15. The van der Waals surface area contributed by atoms with Gasteiger partial charge in [0.05, 0.1) is 4.92 Å². The Morgan fingerprint density at radius 2 is 1.74 bits per heavy atom. The van der Waals surface area contributed by atoms with Crippen molar-refractivity contribution in [3.63, 3.8) is 0 Å². The van der Waals surface area contributed by atoms with Gasteiger partial charge in [-0.3, -0.25) is 10.1 Å². The summed E-state index contributed by atoms with van der Waals surface area (Å²) in [6, 6.07) is 9.67. The first-order valence-corrected chi connectivity index (χ1v) is 8.54. The molecule has 0 spiro atoms. The lowest BCUT2D eigenvalue weighted by molar-refractivity contribution is -0.434. The highest BCUT2D eigenvalue weighted by Gasteiger charge is 2.36. The van der Waals surface area contributed by atoms with Gasteiger partial charge >= 0.3 is 0 Å². The van der Waals surface area contributed by atoms with Crippen LogP contribution in [-0.4, -0.2) is 4.92 Å². The molecule has 0 aliphatic carbocycles. The molecule has 0 fully saturated rings. The lowest BCUT2D eigenvalue weighted by Crippen LogP contribution is -2.21. The summed E-state index contributed by atoms with van der Waals surface area (Å²) in [6.07, 6.45) is -0.226. The maximum Gasteiger partial charge on any atom is 0.291 e. The van der Waals surface area contributed by atoms with Gasteiger partial charge in [-0.25, -0.2) is 13.2 Å². The van der Waals surface area contributed by atoms with E-state index < -0.39 is 39.7 Å². The fraction of sp³-hybridized carbons (Fsp3) is 0.0526. The zero-order chi connectivity index (χ0) is 19.3. The number of nitro groups is 1. The number of halogens is 4. The van der Waals surface area contributed by atoms with Crippen LogP contribution < -0.4 is 4.74 Å². The molecule has 1 atom stereocenters. The summed E-state index contributed by atoms with van der Waals surface area (Å²) in [5, 5.41) is 13.1. The van der Waals surface area contributed by atoms with Crippen molar-refractivity contribution >= 4 is 32.8 Å². The van der Waals surface area contributed by atoms with Crippen molar-refractivity contribution in [1.82, 2.24) is 0 Å². The molecule has 8 heteroatoms. The highest BCUT2D eigenvalue weighted by molar-refractivity contribution is 9.10. The zero-order valence-corrected chi connectivity index (χ0v) is 15.0. The second-order valence-electron chi connectivity index (χ2n) is 5.95. The smallest absolute Gasteiger partial charge is 0.291 e. The van der Waals surface area contributed by atoms with Crippen LogP contribution in [0, 0.1) is 27.6 Å². The Morgan fingerprint density at radius 3 is 2.48 bits per heavy atom. The van der Waals surface area contributed by atoms with Gasteiger partial charge in [-0.05, 0) is 35.0 Å². The summed E-state index contributed by atoms with van der Waals surface area (Å²) in [7, 11) is 0. The Morgan fingerprint density at radius 1 is 1.00 bits per heavy atom. The number of hydrogen-bond acceptors (Lipinski definition) is 3. The van der Waals surface area contributed by atoms with Gasteiger partial charge in [0.25, 0.3) is 5.70 Å². The van der Waals surface area contributed by atoms with Gasteiger partial charge in [0, 0.05) is 27.7 Å². The van der Waals surface area contributed by atoms with Gasteiger partial charge < -0.3 is 4.74 Å². The maximum absolute atomic E-state index is 14.2. The molecule has 1 aliphatic heterocycles. The molecular weight excluding hydrogens is 427 g/mol. The Labute approximate surface area is 159 Å². The fourth-order valence-corrected chi connectivity index (χ4v) is 3.46. The predicted octanol–water partition coefficient (Wildman–Crippen LogP) is 5.77. The average molecular weight is 436 g/mol.